The second kappa shape index (κ2) is 8.67. The van der Waals surface area contributed by atoms with Gasteiger partial charge in [0.1, 0.15) is 5.75 Å². The standard InChI is InChI=1S/C18H20O4S/c19-12-13(11-17(22)18-5-2-10-23-18)3-1-4-16(21)14-6-8-15(20)9-7-14/h1-2,5-10,16-17,19-22H,4,11-12H2/t3?,16-,17-/m1/s1. The lowest BCUT2D eigenvalue weighted by Gasteiger charge is -2.09. The summed E-state index contributed by atoms with van der Waals surface area (Å²) in [5, 5.41) is 40.6. The van der Waals surface area contributed by atoms with Gasteiger partial charge in [0.15, 0.2) is 0 Å². The van der Waals surface area contributed by atoms with Crippen LogP contribution >= 0.6 is 11.3 Å². The first-order valence-corrected chi connectivity index (χ1v) is 8.20. The lowest BCUT2D eigenvalue weighted by molar-refractivity contribution is 0.175. The molecule has 0 bridgehead atoms. The van der Waals surface area contributed by atoms with Crippen LogP contribution in [0.4, 0.5) is 0 Å². The Kier molecular flexibility index (Phi) is 6.59. The number of hydrogen-bond acceptors (Lipinski definition) is 5. The largest absolute Gasteiger partial charge is 0.508 e. The van der Waals surface area contributed by atoms with Gasteiger partial charge in [0, 0.05) is 17.7 Å². The molecule has 0 saturated carbocycles. The molecule has 2 rings (SSSR count). The Morgan fingerprint density at radius 1 is 1.13 bits per heavy atom. The highest BCUT2D eigenvalue weighted by atomic mass is 32.1. The molecule has 0 radical (unpaired) electrons. The van der Waals surface area contributed by atoms with Crippen LogP contribution in [0.3, 0.4) is 0 Å². The number of aliphatic hydroxyl groups excluding tert-OH is 3. The molecule has 0 aliphatic heterocycles. The van der Waals surface area contributed by atoms with E-state index in [1.807, 2.05) is 17.5 Å². The first kappa shape index (κ1) is 17.5. The Balaban J connectivity index is 1.97. The minimum atomic E-state index is -0.703. The van der Waals surface area contributed by atoms with Gasteiger partial charge in [0.05, 0.1) is 18.8 Å². The monoisotopic (exact) mass is 332 g/mol. The SMILES string of the molecule is OCC(=C=CC[C@@H](O)c1ccc(O)cc1)C[C@@H](O)c1cccs1. The number of phenols is 1. The molecule has 23 heavy (non-hydrogen) atoms. The fraction of sp³-hybridized carbons (Fsp3) is 0.278. The van der Waals surface area contributed by atoms with Crippen LogP contribution in [-0.4, -0.2) is 27.0 Å². The minimum absolute atomic E-state index is 0.154. The molecule has 4 N–H and O–H groups in total. The Bertz CT molecular complexity index is 655. The number of hydrogen-bond donors (Lipinski definition) is 4. The number of phenolic OH excluding ortho intramolecular Hbond substituents is 1. The van der Waals surface area contributed by atoms with Crippen molar-refractivity contribution in [2.45, 2.75) is 25.0 Å². The molecule has 2 atom stereocenters. The molecule has 2 aromatic rings. The van der Waals surface area contributed by atoms with Crippen molar-refractivity contribution in [1.29, 1.82) is 0 Å². The summed E-state index contributed by atoms with van der Waals surface area (Å²) in [5.74, 6) is 0.154. The van der Waals surface area contributed by atoms with E-state index < -0.39 is 12.2 Å². The van der Waals surface area contributed by atoms with Crippen molar-refractivity contribution < 1.29 is 20.4 Å². The minimum Gasteiger partial charge on any atom is -0.508 e. The topological polar surface area (TPSA) is 80.9 Å². The van der Waals surface area contributed by atoms with Gasteiger partial charge in [0.25, 0.3) is 0 Å². The molecule has 0 spiro atoms. The van der Waals surface area contributed by atoms with E-state index >= 15 is 0 Å². The predicted molar refractivity (Wildman–Crippen MR) is 90.3 cm³/mol. The lowest BCUT2D eigenvalue weighted by Crippen LogP contribution is -1.99. The molecule has 0 fully saturated rings. The zero-order valence-corrected chi connectivity index (χ0v) is 13.4. The van der Waals surface area contributed by atoms with Crippen molar-refractivity contribution in [1.82, 2.24) is 0 Å². The third-order valence-corrected chi connectivity index (χ3v) is 4.40. The van der Waals surface area contributed by atoms with E-state index in [-0.39, 0.29) is 12.4 Å². The molecule has 0 aliphatic carbocycles. The molecule has 0 saturated heterocycles. The maximum absolute atomic E-state index is 10.1. The molecular formula is C18H20O4S. The van der Waals surface area contributed by atoms with Crippen molar-refractivity contribution >= 4 is 11.3 Å². The average molecular weight is 332 g/mol. The van der Waals surface area contributed by atoms with Crippen LogP contribution in [-0.2, 0) is 0 Å². The van der Waals surface area contributed by atoms with E-state index in [4.69, 9.17) is 0 Å². The summed E-state index contributed by atoms with van der Waals surface area (Å²) in [6, 6.07) is 10.1. The second-order valence-corrected chi connectivity index (χ2v) is 6.17. The number of aliphatic hydroxyl groups is 3. The van der Waals surface area contributed by atoms with Crippen molar-refractivity contribution in [2.75, 3.05) is 6.61 Å². The van der Waals surface area contributed by atoms with Gasteiger partial charge in [0.2, 0.25) is 0 Å². The maximum Gasteiger partial charge on any atom is 0.115 e. The summed E-state index contributed by atoms with van der Waals surface area (Å²) in [7, 11) is 0. The number of aromatic hydroxyl groups is 1. The quantitative estimate of drug-likeness (QED) is 0.587. The van der Waals surface area contributed by atoms with Crippen LogP contribution < -0.4 is 0 Å². The Labute approximate surface area is 139 Å². The zero-order valence-electron chi connectivity index (χ0n) is 12.6. The highest BCUT2D eigenvalue weighted by molar-refractivity contribution is 7.10. The molecule has 0 amide bonds. The van der Waals surface area contributed by atoms with Gasteiger partial charge < -0.3 is 20.4 Å². The van der Waals surface area contributed by atoms with Crippen LogP contribution in [0.5, 0.6) is 5.75 Å². The summed E-state index contributed by atoms with van der Waals surface area (Å²) in [5.41, 5.74) is 4.24. The Morgan fingerprint density at radius 2 is 1.87 bits per heavy atom. The molecule has 5 heteroatoms. The van der Waals surface area contributed by atoms with Gasteiger partial charge in [-0.3, -0.25) is 0 Å². The zero-order chi connectivity index (χ0) is 16.7. The molecule has 0 unspecified atom stereocenters. The smallest absolute Gasteiger partial charge is 0.115 e. The van der Waals surface area contributed by atoms with Gasteiger partial charge in [-0.05, 0) is 40.8 Å². The van der Waals surface area contributed by atoms with Gasteiger partial charge in [-0.1, -0.05) is 18.2 Å². The van der Waals surface area contributed by atoms with E-state index in [1.54, 1.807) is 18.2 Å². The summed E-state index contributed by atoms with van der Waals surface area (Å²) in [6.07, 6.45) is 0.946. The van der Waals surface area contributed by atoms with E-state index in [0.717, 1.165) is 4.88 Å². The maximum atomic E-state index is 10.1. The fourth-order valence-corrected chi connectivity index (χ4v) is 2.84. The van der Waals surface area contributed by atoms with Crippen LogP contribution in [0, 0.1) is 0 Å². The van der Waals surface area contributed by atoms with Crippen molar-refractivity contribution in [3.63, 3.8) is 0 Å². The molecule has 1 aromatic heterocycles. The van der Waals surface area contributed by atoms with Gasteiger partial charge in [-0.25, -0.2) is 0 Å². The van der Waals surface area contributed by atoms with Crippen LogP contribution in [0.15, 0.2) is 59.2 Å². The molecule has 122 valence electrons. The first-order chi connectivity index (χ1) is 11.1. The van der Waals surface area contributed by atoms with Crippen LogP contribution in [0.2, 0.25) is 0 Å². The van der Waals surface area contributed by atoms with E-state index in [2.05, 4.69) is 5.73 Å². The Hall–Kier alpha value is -1.88. The molecule has 1 aromatic carbocycles. The lowest BCUT2D eigenvalue weighted by atomic mass is 10.1. The van der Waals surface area contributed by atoms with Crippen molar-refractivity contribution in [2.24, 2.45) is 0 Å². The summed E-state index contributed by atoms with van der Waals surface area (Å²) >= 11 is 1.47. The summed E-state index contributed by atoms with van der Waals surface area (Å²) in [6.45, 7) is -0.186. The Morgan fingerprint density at radius 3 is 2.48 bits per heavy atom. The number of rotatable bonds is 7. The number of thiophene rings is 1. The molecular weight excluding hydrogens is 312 g/mol. The van der Waals surface area contributed by atoms with Crippen molar-refractivity contribution in [3.8, 4) is 5.75 Å². The highest BCUT2D eigenvalue weighted by Gasteiger charge is 2.10. The molecule has 0 aliphatic rings. The van der Waals surface area contributed by atoms with Gasteiger partial charge in [-0.15, -0.1) is 17.1 Å². The third-order valence-electron chi connectivity index (χ3n) is 3.43. The van der Waals surface area contributed by atoms with Gasteiger partial charge in [-0.2, -0.15) is 0 Å². The van der Waals surface area contributed by atoms with E-state index in [0.29, 0.717) is 24.0 Å². The second-order valence-electron chi connectivity index (χ2n) is 5.19. The molecule has 4 nitrogen and oxygen atoms in total. The fourth-order valence-electron chi connectivity index (χ4n) is 2.13. The summed E-state index contributed by atoms with van der Waals surface area (Å²) < 4.78 is 0. The third kappa shape index (κ3) is 5.36. The average Bonchev–Trinajstić information content (AvgIpc) is 3.09. The predicted octanol–water partition coefficient (Wildman–Crippen LogP) is 3.07. The molecule has 1 heterocycles. The van der Waals surface area contributed by atoms with Crippen LogP contribution in [0.25, 0.3) is 0 Å². The van der Waals surface area contributed by atoms with E-state index in [1.165, 1.54) is 23.5 Å². The first-order valence-electron chi connectivity index (χ1n) is 7.32. The summed E-state index contributed by atoms with van der Waals surface area (Å²) in [4.78, 5) is 0.849. The van der Waals surface area contributed by atoms with Gasteiger partial charge >= 0.3 is 0 Å². The van der Waals surface area contributed by atoms with E-state index in [9.17, 15) is 20.4 Å². The van der Waals surface area contributed by atoms with Crippen LogP contribution in [0.1, 0.15) is 35.5 Å². The number of benzene rings is 1. The van der Waals surface area contributed by atoms with Crippen molar-refractivity contribution in [3.05, 3.63) is 69.6 Å². The highest BCUT2D eigenvalue weighted by Crippen LogP contribution is 2.24. The normalized spacial score (nSPS) is 13.2.